The highest BCUT2D eigenvalue weighted by Crippen LogP contribution is 2.33. The zero-order chi connectivity index (χ0) is 15.5. The molecular weight excluding hydrogens is 322 g/mol. The molecule has 0 unspecified atom stereocenters. The fourth-order valence-corrected chi connectivity index (χ4v) is 3.83. The SMILES string of the molecule is O=C(O)C1CCC(Nc2nnc(-c3ccccc3Cl)s2)CC1. The minimum absolute atomic E-state index is 0.203. The smallest absolute Gasteiger partial charge is 0.306 e. The summed E-state index contributed by atoms with van der Waals surface area (Å²) in [5.41, 5.74) is 0.879. The van der Waals surface area contributed by atoms with Crippen LogP contribution in [0.5, 0.6) is 0 Å². The third-order valence-corrected chi connectivity index (χ3v) is 5.15. The van der Waals surface area contributed by atoms with E-state index in [0.29, 0.717) is 17.9 Å². The van der Waals surface area contributed by atoms with Gasteiger partial charge in [0.25, 0.3) is 0 Å². The van der Waals surface area contributed by atoms with Crippen molar-refractivity contribution in [2.75, 3.05) is 5.32 Å². The number of rotatable bonds is 4. The summed E-state index contributed by atoms with van der Waals surface area (Å²) in [6.07, 6.45) is 3.11. The van der Waals surface area contributed by atoms with Gasteiger partial charge in [-0.25, -0.2) is 0 Å². The molecule has 1 aromatic heterocycles. The molecule has 0 saturated heterocycles. The van der Waals surface area contributed by atoms with Crippen LogP contribution in [0.4, 0.5) is 5.13 Å². The van der Waals surface area contributed by atoms with E-state index < -0.39 is 5.97 Å². The first-order valence-electron chi connectivity index (χ1n) is 7.21. The van der Waals surface area contributed by atoms with Gasteiger partial charge in [-0.1, -0.05) is 41.1 Å². The quantitative estimate of drug-likeness (QED) is 0.884. The Bertz CT molecular complexity index is 668. The van der Waals surface area contributed by atoms with E-state index >= 15 is 0 Å². The predicted molar refractivity (Wildman–Crippen MR) is 87.4 cm³/mol. The molecule has 7 heteroatoms. The molecule has 116 valence electrons. The summed E-state index contributed by atoms with van der Waals surface area (Å²) < 4.78 is 0. The van der Waals surface area contributed by atoms with Gasteiger partial charge in [0.05, 0.1) is 10.9 Å². The Morgan fingerprint density at radius 3 is 2.64 bits per heavy atom. The zero-order valence-corrected chi connectivity index (χ0v) is 13.4. The van der Waals surface area contributed by atoms with Crippen molar-refractivity contribution in [3.8, 4) is 10.6 Å². The third-order valence-electron chi connectivity index (χ3n) is 3.93. The maximum Gasteiger partial charge on any atom is 0.306 e. The second kappa shape index (κ2) is 6.62. The summed E-state index contributed by atoms with van der Waals surface area (Å²) in [7, 11) is 0. The van der Waals surface area contributed by atoms with E-state index in [1.165, 1.54) is 11.3 Å². The van der Waals surface area contributed by atoms with Gasteiger partial charge >= 0.3 is 5.97 Å². The summed E-state index contributed by atoms with van der Waals surface area (Å²) >= 11 is 7.64. The van der Waals surface area contributed by atoms with E-state index in [2.05, 4.69) is 15.5 Å². The van der Waals surface area contributed by atoms with Crippen molar-refractivity contribution in [2.24, 2.45) is 5.92 Å². The molecule has 1 aromatic carbocycles. The minimum atomic E-state index is -0.685. The number of benzene rings is 1. The molecule has 2 N–H and O–H groups in total. The van der Waals surface area contributed by atoms with Crippen molar-refractivity contribution in [1.82, 2.24) is 10.2 Å². The van der Waals surface area contributed by atoms with Crippen molar-refractivity contribution >= 4 is 34.0 Å². The minimum Gasteiger partial charge on any atom is -0.481 e. The Labute approximate surface area is 137 Å². The molecule has 2 aromatic rings. The number of hydrogen-bond donors (Lipinski definition) is 2. The van der Waals surface area contributed by atoms with E-state index in [4.69, 9.17) is 16.7 Å². The average Bonchev–Trinajstić information content (AvgIpc) is 2.96. The molecule has 1 saturated carbocycles. The van der Waals surface area contributed by atoms with Crippen molar-refractivity contribution in [1.29, 1.82) is 0 Å². The molecular formula is C15H16ClN3O2S. The number of nitrogens with zero attached hydrogens (tertiary/aromatic N) is 2. The van der Waals surface area contributed by atoms with Gasteiger partial charge in [0.1, 0.15) is 0 Å². The van der Waals surface area contributed by atoms with Crippen LogP contribution in [0.3, 0.4) is 0 Å². The maximum atomic E-state index is 11.0. The van der Waals surface area contributed by atoms with Gasteiger partial charge in [0, 0.05) is 11.6 Å². The molecule has 1 aliphatic carbocycles. The second-order valence-corrected chi connectivity index (χ2v) is 6.81. The Morgan fingerprint density at radius 1 is 1.23 bits per heavy atom. The van der Waals surface area contributed by atoms with Gasteiger partial charge in [-0.3, -0.25) is 4.79 Å². The molecule has 1 aliphatic rings. The highest BCUT2D eigenvalue weighted by Gasteiger charge is 2.26. The predicted octanol–water partition coefficient (Wildman–Crippen LogP) is 3.91. The molecule has 3 rings (SSSR count). The van der Waals surface area contributed by atoms with Gasteiger partial charge in [0.2, 0.25) is 5.13 Å². The third kappa shape index (κ3) is 3.39. The summed E-state index contributed by atoms with van der Waals surface area (Å²) in [6.45, 7) is 0. The van der Waals surface area contributed by atoms with Gasteiger partial charge < -0.3 is 10.4 Å². The van der Waals surface area contributed by atoms with E-state index in [1.807, 2.05) is 24.3 Å². The van der Waals surface area contributed by atoms with Crippen molar-refractivity contribution in [2.45, 2.75) is 31.7 Å². The molecule has 0 aliphatic heterocycles. The number of carbonyl (C=O) groups is 1. The van der Waals surface area contributed by atoms with Gasteiger partial charge in [-0.05, 0) is 31.7 Å². The standard InChI is InChI=1S/C15H16ClN3O2S/c16-12-4-2-1-3-11(12)13-18-19-15(22-13)17-10-7-5-9(6-8-10)14(20)21/h1-4,9-10H,5-8H2,(H,17,19)(H,20,21). The first-order chi connectivity index (χ1) is 10.6. The van der Waals surface area contributed by atoms with Crippen molar-refractivity contribution < 1.29 is 9.90 Å². The van der Waals surface area contributed by atoms with Gasteiger partial charge in [-0.2, -0.15) is 0 Å². The molecule has 0 radical (unpaired) electrons. The van der Waals surface area contributed by atoms with E-state index in [-0.39, 0.29) is 12.0 Å². The van der Waals surface area contributed by atoms with Crippen molar-refractivity contribution in [3.63, 3.8) is 0 Å². The first kappa shape index (κ1) is 15.2. The van der Waals surface area contributed by atoms with Crippen LogP contribution in [0.1, 0.15) is 25.7 Å². The second-order valence-electron chi connectivity index (χ2n) is 5.42. The number of carboxylic acids is 1. The average molecular weight is 338 g/mol. The lowest BCUT2D eigenvalue weighted by atomic mass is 9.86. The van der Waals surface area contributed by atoms with Gasteiger partial charge in [0.15, 0.2) is 5.01 Å². The largest absolute Gasteiger partial charge is 0.481 e. The van der Waals surface area contributed by atoms with Crippen LogP contribution >= 0.6 is 22.9 Å². The number of halogens is 1. The fourth-order valence-electron chi connectivity index (χ4n) is 2.68. The van der Waals surface area contributed by atoms with E-state index in [1.54, 1.807) is 0 Å². The topological polar surface area (TPSA) is 75.1 Å². The number of nitrogens with one attached hydrogen (secondary N) is 1. The Kier molecular flexibility index (Phi) is 4.59. The lowest BCUT2D eigenvalue weighted by Crippen LogP contribution is -2.29. The van der Waals surface area contributed by atoms with Crippen LogP contribution in [0.25, 0.3) is 10.6 Å². The lowest BCUT2D eigenvalue weighted by molar-refractivity contribution is -0.142. The monoisotopic (exact) mass is 337 g/mol. The maximum absolute atomic E-state index is 11.0. The Hall–Kier alpha value is -1.66. The summed E-state index contributed by atoms with van der Waals surface area (Å²) in [4.78, 5) is 11.0. The van der Waals surface area contributed by atoms with Crippen molar-refractivity contribution in [3.05, 3.63) is 29.3 Å². The van der Waals surface area contributed by atoms with E-state index in [0.717, 1.165) is 28.5 Å². The lowest BCUT2D eigenvalue weighted by Gasteiger charge is -2.26. The van der Waals surface area contributed by atoms with Crippen LogP contribution in [0, 0.1) is 5.92 Å². The molecule has 0 amide bonds. The molecule has 1 heterocycles. The van der Waals surface area contributed by atoms with Crippen LogP contribution in [0.15, 0.2) is 24.3 Å². The van der Waals surface area contributed by atoms with Gasteiger partial charge in [-0.15, -0.1) is 10.2 Å². The fraction of sp³-hybridized carbons (Fsp3) is 0.400. The Balaban J connectivity index is 1.63. The molecule has 1 fully saturated rings. The summed E-state index contributed by atoms with van der Waals surface area (Å²) in [5, 5.41) is 22.9. The normalized spacial score (nSPS) is 21.5. The zero-order valence-electron chi connectivity index (χ0n) is 11.8. The number of hydrogen-bond acceptors (Lipinski definition) is 5. The molecule has 0 atom stereocenters. The number of anilines is 1. The number of carboxylic acid groups (broad SMARTS) is 1. The highest BCUT2D eigenvalue weighted by molar-refractivity contribution is 7.18. The molecule has 22 heavy (non-hydrogen) atoms. The molecule has 0 bridgehead atoms. The van der Waals surface area contributed by atoms with E-state index in [9.17, 15) is 4.79 Å². The van der Waals surface area contributed by atoms with Crippen LogP contribution < -0.4 is 5.32 Å². The van der Waals surface area contributed by atoms with Crippen LogP contribution in [0.2, 0.25) is 5.02 Å². The Morgan fingerprint density at radius 2 is 1.95 bits per heavy atom. The summed E-state index contributed by atoms with van der Waals surface area (Å²) in [6, 6.07) is 7.82. The van der Waals surface area contributed by atoms with Crippen LogP contribution in [-0.2, 0) is 4.79 Å². The molecule has 0 spiro atoms. The number of aliphatic carboxylic acids is 1. The number of aromatic nitrogens is 2. The highest BCUT2D eigenvalue weighted by atomic mass is 35.5. The first-order valence-corrected chi connectivity index (χ1v) is 8.40. The van der Waals surface area contributed by atoms with Crippen LogP contribution in [-0.4, -0.2) is 27.3 Å². The molecule has 5 nitrogen and oxygen atoms in total. The summed E-state index contributed by atoms with van der Waals surface area (Å²) in [5.74, 6) is -0.887.